The molecule has 2 rings (SSSR count). The van der Waals surface area contributed by atoms with E-state index in [9.17, 15) is 9.90 Å². The topological polar surface area (TPSA) is 52.6 Å². The molecule has 0 aliphatic carbocycles. The molecule has 4 heteroatoms. The highest BCUT2D eigenvalue weighted by molar-refractivity contribution is 5.92. The number of β-amino-alcohol motifs (C(OH)–C–C–N with tert-alkyl or cyclic N) is 1. The van der Waals surface area contributed by atoms with Crippen molar-refractivity contribution in [3.8, 4) is 0 Å². The van der Waals surface area contributed by atoms with Crippen molar-refractivity contribution in [3.05, 3.63) is 29.8 Å². The van der Waals surface area contributed by atoms with Gasteiger partial charge in [0.1, 0.15) is 0 Å². The van der Waals surface area contributed by atoms with Crippen molar-refractivity contribution in [1.29, 1.82) is 0 Å². The minimum atomic E-state index is -0.623. The Morgan fingerprint density at radius 3 is 2.75 bits per heavy atom. The molecule has 1 aliphatic heterocycles. The van der Waals surface area contributed by atoms with Gasteiger partial charge in [0.15, 0.2) is 0 Å². The second-order valence-electron chi connectivity index (χ2n) is 6.01. The number of carbonyl (C=O) groups is 1. The molecule has 1 aromatic carbocycles. The summed E-state index contributed by atoms with van der Waals surface area (Å²) >= 11 is 0. The van der Waals surface area contributed by atoms with E-state index in [0.717, 1.165) is 12.1 Å². The van der Waals surface area contributed by atoms with Crippen LogP contribution in [-0.2, 0) is 11.2 Å². The lowest BCUT2D eigenvalue weighted by atomic mass is 9.83. The molecule has 0 atom stereocenters. The van der Waals surface area contributed by atoms with Crippen LogP contribution in [-0.4, -0.2) is 41.1 Å². The molecule has 20 heavy (non-hydrogen) atoms. The predicted molar refractivity (Wildman–Crippen MR) is 80.7 cm³/mol. The fraction of sp³-hybridized carbons (Fsp3) is 0.562. The molecule has 4 nitrogen and oxygen atoms in total. The van der Waals surface area contributed by atoms with Crippen LogP contribution in [0.5, 0.6) is 0 Å². The summed E-state index contributed by atoms with van der Waals surface area (Å²) < 4.78 is 0. The monoisotopic (exact) mass is 276 g/mol. The molecule has 0 saturated carbocycles. The number of nitrogens with zero attached hydrogens (tertiary/aromatic N) is 1. The van der Waals surface area contributed by atoms with Gasteiger partial charge in [0.2, 0.25) is 5.91 Å². The standard InChI is InChI=1S/C16H24N2O2/c1-4-13-6-5-7-14(8-13)17-15(19)9-18-10-16(20,11-18)12(2)3/h5-8,12,20H,4,9-11H2,1-3H3,(H,17,19). The predicted octanol–water partition coefficient (Wildman–Crippen LogP) is 1.89. The van der Waals surface area contributed by atoms with Crippen molar-refractivity contribution in [2.75, 3.05) is 25.0 Å². The Bertz CT molecular complexity index is 479. The van der Waals surface area contributed by atoms with Crippen LogP contribution in [0.2, 0.25) is 0 Å². The zero-order valence-electron chi connectivity index (χ0n) is 12.5. The minimum Gasteiger partial charge on any atom is -0.387 e. The van der Waals surface area contributed by atoms with Crippen LogP contribution in [0.25, 0.3) is 0 Å². The third kappa shape index (κ3) is 3.38. The average Bonchev–Trinajstić information content (AvgIpc) is 2.36. The maximum absolute atomic E-state index is 12.0. The second kappa shape index (κ2) is 5.94. The van der Waals surface area contributed by atoms with Crippen LogP contribution < -0.4 is 5.32 Å². The molecule has 0 bridgehead atoms. The van der Waals surface area contributed by atoms with Gasteiger partial charge in [0, 0.05) is 18.8 Å². The number of rotatable bonds is 5. The van der Waals surface area contributed by atoms with Crippen LogP contribution in [0.15, 0.2) is 24.3 Å². The summed E-state index contributed by atoms with van der Waals surface area (Å²) in [6, 6.07) is 7.90. The van der Waals surface area contributed by atoms with Gasteiger partial charge in [-0.25, -0.2) is 0 Å². The van der Waals surface area contributed by atoms with Crippen molar-refractivity contribution < 1.29 is 9.90 Å². The Labute approximate surface area is 120 Å². The maximum Gasteiger partial charge on any atom is 0.238 e. The van der Waals surface area contributed by atoms with Crippen LogP contribution in [0, 0.1) is 5.92 Å². The second-order valence-corrected chi connectivity index (χ2v) is 6.01. The molecule has 0 radical (unpaired) electrons. The van der Waals surface area contributed by atoms with E-state index < -0.39 is 5.60 Å². The van der Waals surface area contributed by atoms with E-state index in [1.165, 1.54) is 5.56 Å². The highest BCUT2D eigenvalue weighted by Gasteiger charge is 2.43. The molecule has 1 amide bonds. The summed E-state index contributed by atoms with van der Waals surface area (Å²) in [7, 11) is 0. The number of nitrogens with one attached hydrogen (secondary N) is 1. The normalized spacial score (nSPS) is 17.9. The van der Waals surface area contributed by atoms with Crippen LogP contribution in [0.4, 0.5) is 5.69 Å². The van der Waals surface area contributed by atoms with Gasteiger partial charge >= 0.3 is 0 Å². The van der Waals surface area contributed by atoms with E-state index in [1.54, 1.807) is 0 Å². The minimum absolute atomic E-state index is 0.0240. The summed E-state index contributed by atoms with van der Waals surface area (Å²) in [6.07, 6.45) is 0.956. The molecular formula is C16H24N2O2. The zero-order valence-corrected chi connectivity index (χ0v) is 12.5. The molecule has 110 valence electrons. The quantitative estimate of drug-likeness (QED) is 0.863. The lowest BCUT2D eigenvalue weighted by molar-refractivity contribution is -0.139. The maximum atomic E-state index is 12.0. The fourth-order valence-corrected chi connectivity index (χ4v) is 2.48. The molecule has 0 spiro atoms. The van der Waals surface area contributed by atoms with E-state index in [1.807, 2.05) is 43.0 Å². The number of hydrogen-bond donors (Lipinski definition) is 2. The number of aliphatic hydroxyl groups is 1. The molecule has 1 fully saturated rings. The van der Waals surface area contributed by atoms with Crippen molar-refractivity contribution in [2.45, 2.75) is 32.8 Å². The fourth-order valence-electron chi connectivity index (χ4n) is 2.48. The van der Waals surface area contributed by atoms with Crippen molar-refractivity contribution in [3.63, 3.8) is 0 Å². The number of hydrogen-bond acceptors (Lipinski definition) is 3. The molecule has 2 N–H and O–H groups in total. The van der Waals surface area contributed by atoms with E-state index in [4.69, 9.17) is 0 Å². The van der Waals surface area contributed by atoms with E-state index in [2.05, 4.69) is 12.2 Å². The van der Waals surface area contributed by atoms with Gasteiger partial charge in [-0.2, -0.15) is 0 Å². The van der Waals surface area contributed by atoms with Gasteiger partial charge in [-0.15, -0.1) is 0 Å². The Hall–Kier alpha value is -1.39. The van der Waals surface area contributed by atoms with E-state index in [-0.39, 0.29) is 11.8 Å². The summed E-state index contributed by atoms with van der Waals surface area (Å²) in [6.45, 7) is 7.60. The summed E-state index contributed by atoms with van der Waals surface area (Å²) in [5.41, 5.74) is 1.43. The molecule has 1 heterocycles. The third-order valence-corrected chi connectivity index (χ3v) is 4.06. The molecule has 1 saturated heterocycles. The van der Waals surface area contributed by atoms with Crippen molar-refractivity contribution in [2.24, 2.45) is 5.92 Å². The largest absolute Gasteiger partial charge is 0.387 e. The van der Waals surface area contributed by atoms with Gasteiger partial charge in [-0.3, -0.25) is 9.69 Å². The molecule has 1 aliphatic rings. The highest BCUT2D eigenvalue weighted by atomic mass is 16.3. The zero-order chi connectivity index (χ0) is 14.8. The summed E-state index contributed by atoms with van der Waals surface area (Å²) in [5.74, 6) is 0.201. The van der Waals surface area contributed by atoms with Crippen LogP contribution in [0.1, 0.15) is 26.3 Å². The van der Waals surface area contributed by atoms with Gasteiger partial charge in [-0.1, -0.05) is 32.9 Å². The Morgan fingerprint density at radius 2 is 2.15 bits per heavy atom. The first-order chi connectivity index (χ1) is 9.43. The number of likely N-dealkylation sites (tertiary alicyclic amines) is 1. The number of anilines is 1. The number of amides is 1. The van der Waals surface area contributed by atoms with Crippen LogP contribution >= 0.6 is 0 Å². The van der Waals surface area contributed by atoms with Crippen molar-refractivity contribution >= 4 is 11.6 Å². The summed E-state index contributed by atoms with van der Waals surface area (Å²) in [5, 5.41) is 13.1. The Balaban J connectivity index is 1.82. The van der Waals surface area contributed by atoms with Gasteiger partial charge < -0.3 is 10.4 Å². The molecule has 0 aromatic heterocycles. The van der Waals surface area contributed by atoms with Gasteiger partial charge in [-0.05, 0) is 30.0 Å². The number of carbonyl (C=O) groups excluding carboxylic acids is 1. The van der Waals surface area contributed by atoms with Crippen LogP contribution in [0.3, 0.4) is 0 Å². The lowest BCUT2D eigenvalue weighted by Crippen LogP contribution is -2.65. The number of benzene rings is 1. The number of aryl methyl sites for hydroxylation is 1. The molecular weight excluding hydrogens is 252 g/mol. The Kier molecular flexibility index (Phi) is 4.45. The first-order valence-electron chi connectivity index (χ1n) is 7.26. The molecule has 0 unspecified atom stereocenters. The van der Waals surface area contributed by atoms with Gasteiger partial charge in [0.05, 0.1) is 12.1 Å². The summed E-state index contributed by atoms with van der Waals surface area (Å²) in [4.78, 5) is 13.9. The third-order valence-electron chi connectivity index (χ3n) is 4.06. The van der Waals surface area contributed by atoms with Crippen molar-refractivity contribution in [1.82, 2.24) is 4.90 Å². The highest BCUT2D eigenvalue weighted by Crippen LogP contribution is 2.28. The first-order valence-corrected chi connectivity index (χ1v) is 7.26. The lowest BCUT2D eigenvalue weighted by Gasteiger charge is -2.48. The Morgan fingerprint density at radius 1 is 1.45 bits per heavy atom. The molecule has 1 aromatic rings. The van der Waals surface area contributed by atoms with E-state index >= 15 is 0 Å². The first kappa shape index (κ1) is 15.0. The van der Waals surface area contributed by atoms with E-state index in [0.29, 0.717) is 19.6 Å². The SMILES string of the molecule is CCc1cccc(NC(=O)CN2CC(O)(C(C)C)C2)c1. The smallest absolute Gasteiger partial charge is 0.238 e. The van der Waals surface area contributed by atoms with Gasteiger partial charge in [0.25, 0.3) is 0 Å². The average molecular weight is 276 g/mol.